The van der Waals surface area contributed by atoms with E-state index in [-0.39, 0.29) is 18.4 Å². The average molecular weight is 424 g/mol. The molecule has 1 fully saturated rings. The zero-order chi connectivity index (χ0) is 22.1. The van der Waals surface area contributed by atoms with Crippen LogP contribution in [0.15, 0.2) is 60.7 Å². The Morgan fingerprint density at radius 2 is 1.71 bits per heavy atom. The second-order valence-corrected chi connectivity index (χ2v) is 7.32. The molecule has 31 heavy (non-hydrogen) atoms. The van der Waals surface area contributed by atoms with Gasteiger partial charge >= 0.3 is 5.97 Å². The highest BCUT2D eigenvalue weighted by molar-refractivity contribution is 5.92. The Hall–Kier alpha value is -3.48. The van der Waals surface area contributed by atoms with Crippen molar-refractivity contribution in [1.29, 1.82) is 0 Å². The van der Waals surface area contributed by atoms with E-state index < -0.39 is 24.3 Å². The first kappa shape index (κ1) is 22.2. The van der Waals surface area contributed by atoms with Gasteiger partial charge in [0.05, 0.1) is 5.92 Å². The van der Waals surface area contributed by atoms with Gasteiger partial charge in [0.2, 0.25) is 5.91 Å². The first-order valence-corrected chi connectivity index (χ1v) is 10.2. The van der Waals surface area contributed by atoms with Gasteiger partial charge in [-0.25, -0.2) is 4.39 Å². The SMILES string of the molecule is O=C(COC(=O)C1CCN(C(=O)/C=C/c2ccccc2)CC1)NCc1ccccc1F. The van der Waals surface area contributed by atoms with E-state index >= 15 is 0 Å². The Morgan fingerprint density at radius 3 is 2.42 bits per heavy atom. The summed E-state index contributed by atoms with van der Waals surface area (Å²) in [5.74, 6) is -1.78. The zero-order valence-corrected chi connectivity index (χ0v) is 17.1. The normalized spacial score (nSPS) is 14.4. The molecule has 1 heterocycles. The smallest absolute Gasteiger partial charge is 0.309 e. The summed E-state index contributed by atoms with van der Waals surface area (Å²) in [6.45, 7) is 0.528. The summed E-state index contributed by atoms with van der Waals surface area (Å²) in [6.07, 6.45) is 4.28. The number of benzene rings is 2. The third-order valence-corrected chi connectivity index (χ3v) is 5.14. The topological polar surface area (TPSA) is 75.7 Å². The molecule has 0 radical (unpaired) electrons. The lowest BCUT2D eigenvalue weighted by molar-refractivity contribution is -0.154. The molecular weight excluding hydrogens is 399 g/mol. The van der Waals surface area contributed by atoms with Gasteiger partial charge in [-0.05, 0) is 30.5 Å². The van der Waals surface area contributed by atoms with E-state index in [1.165, 1.54) is 12.1 Å². The molecule has 0 aliphatic carbocycles. The predicted octanol–water partition coefficient (Wildman–Crippen LogP) is 2.94. The predicted molar refractivity (Wildman–Crippen MR) is 114 cm³/mol. The molecular formula is C24H25FN2O4. The van der Waals surface area contributed by atoms with Crippen LogP contribution in [0.2, 0.25) is 0 Å². The minimum absolute atomic E-state index is 0.0278. The highest BCUT2D eigenvalue weighted by Crippen LogP contribution is 2.19. The molecule has 0 saturated carbocycles. The Labute approximate surface area is 180 Å². The molecule has 0 aromatic heterocycles. The number of ether oxygens (including phenoxy) is 1. The fourth-order valence-electron chi connectivity index (χ4n) is 3.31. The van der Waals surface area contributed by atoms with E-state index in [9.17, 15) is 18.8 Å². The minimum atomic E-state index is -0.490. The van der Waals surface area contributed by atoms with E-state index in [4.69, 9.17) is 4.74 Å². The molecule has 6 nitrogen and oxygen atoms in total. The van der Waals surface area contributed by atoms with Crippen LogP contribution in [0.3, 0.4) is 0 Å². The van der Waals surface area contributed by atoms with Crippen molar-refractivity contribution in [2.24, 2.45) is 5.92 Å². The number of carbonyl (C=O) groups excluding carboxylic acids is 3. The number of hydrogen-bond donors (Lipinski definition) is 1. The zero-order valence-electron chi connectivity index (χ0n) is 17.1. The van der Waals surface area contributed by atoms with Crippen molar-refractivity contribution in [3.8, 4) is 0 Å². The monoisotopic (exact) mass is 424 g/mol. The molecule has 162 valence electrons. The summed E-state index contributed by atoms with van der Waals surface area (Å²) in [4.78, 5) is 38.1. The fourth-order valence-corrected chi connectivity index (χ4v) is 3.31. The van der Waals surface area contributed by atoms with Crippen molar-refractivity contribution in [2.45, 2.75) is 19.4 Å². The van der Waals surface area contributed by atoms with Crippen LogP contribution >= 0.6 is 0 Å². The van der Waals surface area contributed by atoms with Gasteiger partial charge in [0, 0.05) is 31.3 Å². The number of nitrogens with one attached hydrogen (secondary N) is 1. The molecule has 7 heteroatoms. The lowest BCUT2D eigenvalue weighted by Gasteiger charge is -2.30. The second-order valence-electron chi connectivity index (χ2n) is 7.32. The minimum Gasteiger partial charge on any atom is -0.455 e. The second kappa shape index (κ2) is 11.1. The van der Waals surface area contributed by atoms with Crippen LogP contribution in [0.25, 0.3) is 6.08 Å². The van der Waals surface area contributed by atoms with Crippen LogP contribution in [0.1, 0.15) is 24.0 Å². The van der Waals surface area contributed by atoms with Crippen LogP contribution in [0, 0.1) is 11.7 Å². The number of hydrogen-bond acceptors (Lipinski definition) is 4. The number of esters is 1. The molecule has 0 bridgehead atoms. The van der Waals surface area contributed by atoms with Crippen LogP contribution in [0.4, 0.5) is 4.39 Å². The molecule has 1 N–H and O–H groups in total. The van der Waals surface area contributed by atoms with Crippen LogP contribution < -0.4 is 5.32 Å². The van der Waals surface area contributed by atoms with Gasteiger partial charge in [0.25, 0.3) is 5.91 Å². The number of amides is 2. The Morgan fingerprint density at radius 1 is 1.03 bits per heavy atom. The number of halogens is 1. The first-order valence-electron chi connectivity index (χ1n) is 10.2. The van der Waals surface area contributed by atoms with Gasteiger partial charge in [0.1, 0.15) is 5.82 Å². The van der Waals surface area contributed by atoms with Crippen LogP contribution in [-0.4, -0.2) is 42.4 Å². The average Bonchev–Trinajstić information content (AvgIpc) is 2.81. The third kappa shape index (κ3) is 6.77. The third-order valence-electron chi connectivity index (χ3n) is 5.14. The van der Waals surface area contributed by atoms with Gasteiger partial charge in [-0.2, -0.15) is 0 Å². The maximum Gasteiger partial charge on any atom is 0.309 e. The lowest BCUT2D eigenvalue weighted by atomic mass is 9.97. The van der Waals surface area contributed by atoms with Crippen LogP contribution in [-0.2, 0) is 25.7 Å². The Bertz CT molecular complexity index is 938. The Kier molecular flexibility index (Phi) is 7.92. The summed E-state index contributed by atoms with van der Waals surface area (Å²) in [6, 6.07) is 15.7. The Balaban J connectivity index is 1.37. The highest BCUT2D eigenvalue weighted by atomic mass is 19.1. The van der Waals surface area contributed by atoms with Gasteiger partial charge < -0.3 is 15.0 Å². The molecule has 2 amide bonds. The van der Waals surface area contributed by atoms with Crippen molar-refractivity contribution in [2.75, 3.05) is 19.7 Å². The van der Waals surface area contributed by atoms with E-state index in [0.29, 0.717) is 31.5 Å². The van der Waals surface area contributed by atoms with E-state index in [1.807, 2.05) is 30.3 Å². The fraction of sp³-hybridized carbons (Fsp3) is 0.292. The van der Waals surface area contributed by atoms with Crippen molar-refractivity contribution >= 4 is 23.9 Å². The number of carbonyl (C=O) groups is 3. The summed E-state index contributed by atoms with van der Waals surface area (Å²) < 4.78 is 18.7. The van der Waals surface area contributed by atoms with Gasteiger partial charge in [-0.3, -0.25) is 14.4 Å². The van der Waals surface area contributed by atoms with Crippen LogP contribution in [0.5, 0.6) is 0 Å². The molecule has 3 rings (SSSR count). The summed E-state index contributed by atoms with van der Waals surface area (Å²) >= 11 is 0. The molecule has 1 saturated heterocycles. The largest absolute Gasteiger partial charge is 0.455 e. The standard InChI is InChI=1S/C24H25FN2O4/c25-21-9-5-4-8-20(21)16-26-22(28)17-31-24(30)19-12-14-27(15-13-19)23(29)11-10-18-6-2-1-3-7-18/h1-11,19H,12-17H2,(H,26,28)/b11-10+. The summed E-state index contributed by atoms with van der Waals surface area (Å²) in [5, 5.41) is 2.53. The molecule has 2 aromatic carbocycles. The van der Waals surface area contributed by atoms with Gasteiger partial charge in [-0.15, -0.1) is 0 Å². The van der Waals surface area contributed by atoms with Crippen molar-refractivity contribution in [1.82, 2.24) is 10.2 Å². The van der Waals surface area contributed by atoms with Gasteiger partial charge in [-0.1, -0.05) is 48.5 Å². The van der Waals surface area contributed by atoms with Crippen molar-refractivity contribution < 1.29 is 23.5 Å². The molecule has 2 aromatic rings. The number of likely N-dealkylation sites (tertiary alicyclic amines) is 1. The summed E-state index contributed by atoms with van der Waals surface area (Å²) in [7, 11) is 0. The number of rotatable bonds is 7. The molecule has 0 spiro atoms. The molecule has 0 unspecified atom stereocenters. The van der Waals surface area contributed by atoms with E-state index in [2.05, 4.69) is 5.32 Å². The van der Waals surface area contributed by atoms with E-state index in [0.717, 1.165) is 5.56 Å². The van der Waals surface area contributed by atoms with E-state index in [1.54, 1.807) is 29.2 Å². The number of piperidine rings is 1. The lowest BCUT2D eigenvalue weighted by Crippen LogP contribution is -2.40. The quantitative estimate of drug-likeness (QED) is 0.548. The maximum atomic E-state index is 13.6. The van der Waals surface area contributed by atoms with Gasteiger partial charge in [0.15, 0.2) is 6.61 Å². The van der Waals surface area contributed by atoms with Crippen molar-refractivity contribution in [3.05, 3.63) is 77.6 Å². The molecule has 1 aliphatic rings. The molecule has 0 atom stereocenters. The summed E-state index contributed by atoms with van der Waals surface area (Å²) in [5.41, 5.74) is 1.31. The molecule has 1 aliphatic heterocycles. The number of nitrogens with zero attached hydrogens (tertiary/aromatic N) is 1. The highest BCUT2D eigenvalue weighted by Gasteiger charge is 2.28. The van der Waals surface area contributed by atoms with Crippen molar-refractivity contribution in [3.63, 3.8) is 0 Å². The maximum absolute atomic E-state index is 13.6. The first-order chi connectivity index (χ1) is 15.0.